The first-order valence-electron chi connectivity index (χ1n) is 43.9. The lowest BCUT2D eigenvalue weighted by atomic mass is 9.89. The summed E-state index contributed by atoms with van der Waals surface area (Å²) in [6.07, 6.45) is 0. The second-order valence-corrected chi connectivity index (χ2v) is 34.2. The third kappa shape index (κ3) is 11.2. The van der Waals surface area contributed by atoms with Gasteiger partial charge in [0, 0.05) is 43.4 Å². The van der Waals surface area contributed by atoms with Gasteiger partial charge in [-0.15, -0.1) is 0 Å². The molecule has 0 aliphatic rings. The molecule has 6 heteroatoms. The largest absolute Gasteiger partial charge is 0.278 e. The Morgan fingerprint density at radius 1 is 0.141 bits per heavy atom. The third-order valence-corrected chi connectivity index (χ3v) is 27.2. The maximum absolute atomic E-state index is 5.94. The van der Waals surface area contributed by atoms with Crippen LogP contribution in [0.2, 0.25) is 0 Å². The topological polar surface area (TPSA) is 61.4 Å². The highest BCUT2D eigenvalue weighted by Crippen LogP contribution is 2.49. The minimum Gasteiger partial charge on any atom is -0.278 e. The van der Waals surface area contributed by atoms with Gasteiger partial charge in [-0.3, -0.25) is 9.13 Å². The summed E-state index contributed by atoms with van der Waals surface area (Å²) >= 11 is 0. The summed E-state index contributed by atoms with van der Waals surface area (Å²) in [5.41, 5.74) is 23.1. The van der Waals surface area contributed by atoms with Crippen LogP contribution in [0, 0.1) is 0 Å². The van der Waals surface area contributed by atoms with E-state index in [0.29, 0.717) is 11.9 Å². The first kappa shape index (κ1) is 71.5. The summed E-state index contributed by atoms with van der Waals surface area (Å²) in [6, 6.07) is 161. The Morgan fingerprint density at radius 2 is 0.516 bits per heavy atom. The number of aromatic nitrogens is 6. The van der Waals surface area contributed by atoms with Crippen LogP contribution in [0.4, 0.5) is 0 Å². The lowest BCUT2D eigenvalue weighted by Gasteiger charge is -2.17. The van der Waals surface area contributed by atoms with Crippen molar-refractivity contribution in [1.29, 1.82) is 0 Å². The van der Waals surface area contributed by atoms with Gasteiger partial charge in [0.25, 0.3) is 0 Å². The highest BCUT2D eigenvalue weighted by molar-refractivity contribution is 6.29. The van der Waals surface area contributed by atoms with Crippen LogP contribution in [0.5, 0.6) is 0 Å². The van der Waals surface area contributed by atoms with E-state index in [9.17, 15) is 0 Å². The van der Waals surface area contributed by atoms with Gasteiger partial charge in [0.15, 0.2) is 0 Å². The predicted octanol–water partition coefficient (Wildman–Crippen LogP) is 32.6. The summed E-state index contributed by atoms with van der Waals surface area (Å²) < 4.78 is 4.63. The molecule has 27 rings (SSSR count). The van der Waals surface area contributed by atoms with Crippen LogP contribution in [0.3, 0.4) is 0 Å². The fraction of sp³-hybridized carbons (Fsp3) is 0. The molecular weight excluding hydrogens is 1550 g/mol. The standard InChI is InChI=1S/C122H72N6/c1-3-23-73(24-4-1)87-52-59-101-108-63-80-30-9-11-32-82(80)68-116(108)128(115(101)70-87)122-124-113-72-104(77-26-5-2-6-27-77)103(71-110(113)119(125-122)89-54-58-98-94-38-16-15-36-92(94)93-37-17-18-39-95(93)107(98)67-89)78-48-45-75(46-49-78)85-51-56-99-100-57-53-88(66-106(100)97-41-20-19-40-96(97)105(99)62-85)91-42-22-44-114-118(91)111-65-81-31-10-12-33-83(81)69-117(111)127(114)121-123-112-60-55-86(84-50-47-74-25-7-8-29-79(74)61-84)64-109(112)120(126-121)102-43-21-34-76-28-13-14-35-90(76)102/h1-72H. The fourth-order valence-corrected chi connectivity index (χ4v) is 21.1. The van der Waals surface area contributed by atoms with Crippen LogP contribution in [-0.2, 0) is 0 Å². The Hall–Kier alpha value is -17.1. The molecular formula is C122H72N6. The average Bonchev–Trinajstić information content (AvgIpc) is 1.46. The first-order valence-corrected chi connectivity index (χ1v) is 43.9. The van der Waals surface area contributed by atoms with Crippen molar-refractivity contribution in [3.05, 3.63) is 437 Å². The monoisotopic (exact) mass is 1620 g/mol. The number of hydrogen-bond acceptors (Lipinski definition) is 4. The van der Waals surface area contributed by atoms with Crippen molar-refractivity contribution in [1.82, 2.24) is 29.1 Å². The van der Waals surface area contributed by atoms with E-state index in [-0.39, 0.29) is 0 Å². The van der Waals surface area contributed by atoms with Gasteiger partial charge in [-0.2, -0.15) is 0 Å². The Bertz CT molecular complexity index is 9390. The Balaban J connectivity index is 0.601. The SMILES string of the molecule is c1ccc(-c2ccc3c4cc5ccccc5cc4n(-c4nc(-c5ccc6c7ccccc7c7ccccc7c6c5)c5cc(-c6ccc(-c7ccc8c9ccc(-c%10cccc%11c%10c%10cc%12ccccc%12cc%10n%11-c%10nc(-c%11cccc%12ccccc%11%12)c%11cc(-c%12ccc%13ccccc%13c%12)ccc%11n%10)cc9c9ccccc9c8c7)cc6)c(-c6ccccc6)cc5n4)c3c2)cc1. The van der Waals surface area contributed by atoms with Gasteiger partial charge >= 0.3 is 0 Å². The summed E-state index contributed by atoms with van der Waals surface area (Å²) in [4.78, 5) is 23.2. The van der Waals surface area contributed by atoms with Gasteiger partial charge in [0.05, 0.1) is 44.5 Å². The molecule has 0 fully saturated rings. The van der Waals surface area contributed by atoms with E-state index in [4.69, 9.17) is 19.9 Å². The molecule has 4 heterocycles. The normalized spacial score (nSPS) is 12.1. The number of fused-ring (bicyclic) bond motifs is 24. The quantitative estimate of drug-likeness (QED) is 0.128. The molecule has 128 heavy (non-hydrogen) atoms. The van der Waals surface area contributed by atoms with E-state index in [0.717, 1.165) is 176 Å². The molecule has 0 bridgehead atoms. The minimum atomic E-state index is 0.603. The minimum absolute atomic E-state index is 0.603. The molecule has 0 aliphatic carbocycles. The van der Waals surface area contributed by atoms with Crippen molar-refractivity contribution in [2.24, 2.45) is 0 Å². The second-order valence-electron chi connectivity index (χ2n) is 34.2. The van der Waals surface area contributed by atoms with Crippen molar-refractivity contribution in [3.8, 4) is 101 Å². The molecule has 0 saturated heterocycles. The van der Waals surface area contributed by atoms with Crippen LogP contribution in [-0.4, -0.2) is 29.1 Å². The van der Waals surface area contributed by atoms with E-state index in [1.807, 2.05) is 0 Å². The second kappa shape index (κ2) is 28.2. The van der Waals surface area contributed by atoms with E-state index >= 15 is 0 Å². The number of rotatable bonds is 10. The maximum atomic E-state index is 5.94. The van der Waals surface area contributed by atoms with Gasteiger partial charge in [0.2, 0.25) is 11.9 Å². The van der Waals surface area contributed by atoms with Gasteiger partial charge in [-0.1, -0.05) is 352 Å². The van der Waals surface area contributed by atoms with Crippen molar-refractivity contribution in [3.63, 3.8) is 0 Å². The Kier molecular flexibility index (Phi) is 15.8. The van der Waals surface area contributed by atoms with Gasteiger partial charge in [-0.05, 0) is 259 Å². The summed E-state index contributed by atoms with van der Waals surface area (Å²) in [5, 5.41) is 30.4. The molecule has 0 N–H and O–H groups in total. The van der Waals surface area contributed by atoms with Crippen LogP contribution >= 0.6 is 0 Å². The summed E-state index contributed by atoms with van der Waals surface area (Å²) in [6.45, 7) is 0. The van der Waals surface area contributed by atoms with Crippen LogP contribution in [0.1, 0.15) is 0 Å². The predicted molar refractivity (Wildman–Crippen MR) is 540 cm³/mol. The summed E-state index contributed by atoms with van der Waals surface area (Å²) in [5.74, 6) is 1.22. The van der Waals surface area contributed by atoms with Crippen molar-refractivity contribution in [2.75, 3.05) is 0 Å². The highest BCUT2D eigenvalue weighted by Gasteiger charge is 2.27. The molecule has 4 aromatic heterocycles. The molecule has 0 aliphatic heterocycles. The molecule has 590 valence electrons. The number of hydrogen-bond donors (Lipinski definition) is 0. The first-order chi connectivity index (χ1) is 63.4. The van der Waals surface area contributed by atoms with Crippen LogP contribution in [0.15, 0.2) is 437 Å². The van der Waals surface area contributed by atoms with Gasteiger partial charge in [-0.25, -0.2) is 19.9 Å². The van der Waals surface area contributed by atoms with Gasteiger partial charge in [0.1, 0.15) is 0 Å². The van der Waals surface area contributed by atoms with Crippen LogP contribution in [0.25, 0.3) is 274 Å². The zero-order valence-corrected chi connectivity index (χ0v) is 69.3. The van der Waals surface area contributed by atoms with Crippen molar-refractivity contribution >= 4 is 173 Å². The van der Waals surface area contributed by atoms with E-state index in [2.05, 4.69) is 446 Å². The fourth-order valence-electron chi connectivity index (χ4n) is 21.1. The average molecular weight is 1620 g/mol. The lowest BCUT2D eigenvalue weighted by molar-refractivity contribution is 1.01. The molecule has 0 spiro atoms. The molecule has 27 aromatic rings. The zero-order valence-electron chi connectivity index (χ0n) is 69.3. The molecule has 0 amide bonds. The van der Waals surface area contributed by atoms with E-state index in [1.54, 1.807) is 0 Å². The molecule has 6 nitrogen and oxygen atoms in total. The molecule has 0 unspecified atom stereocenters. The smallest absolute Gasteiger partial charge is 0.235 e. The third-order valence-electron chi connectivity index (χ3n) is 27.2. The van der Waals surface area contributed by atoms with Crippen molar-refractivity contribution in [2.45, 2.75) is 0 Å². The Morgan fingerprint density at radius 3 is 1.17 bits per heavy atom. The van der Waals surface area contributed by atoms with Gasteiger partial charge < -0.3 is 0 Å². The molecule has 23 aromatic carbocycles. The molecule has 0 saturated carbocycles. The van der Waals surface area contributed by atoms with E-state index < -0.39 is 0 Å². The zero-order chi connectivity index (χ0) is 83.8. The Labute approximate surface area is 735 Å². The number of benzene rings is 23. The van der Waals surface area contributed by atoms with Crippen molar-refractivity contribution < 1.29 is 0 Å². The number of nitrogens with zero attached hydrogens (tertiary/aromatic N) is 6. The van der Waals surface area contributed by atoms with Crippen LogP contribution < -0.4 is 0 Å². The molecule has 0 radical (unpaired) electrons. The lowest BCUT2D eigenvalue weighted by Crippen LogP contribution is -2.04. The molecule has 0 atom stereocenters. The maximum Gasteiger partial charge on any atom is 0.235 e. The van der Waals surface area contributed by atoms with E-state index in [1.165, 1.54) is 86.2 Å². The highest BCUT2D eigenvalue weighted by atomic mass is 15.2. The summed E-state index contributed by atoms with van der Waals surface area (Å²) in [7, 11) is 0.